The molecule has 0 aromatic heterocycles. The number of likely N-dealkylation sites (N-methyl/N-ethyl adjacent to an activating group) is 1. The summed E-state index contributed by atoms with van der Waals surface area (Å²) in [5, 5.41) is -0.0633. The van der Waals surface area contributed by atoms with Crippen molar-refractivity contribution in [3.63, 3.8) is 0 Å². The van der Waals surface area contributed by atoms with Gasteiger partial charge in [-0.05, 0) is 42.4 Å². The molecule has 1 saturated heterocycles. The van der Waals surface area contributed by atoms with Crippen molar-refractivity contribution in [2.75, 3.05) is 45.2 Å². The molecule has 0 bridgehead atoms. The molecule has 0 N–H and O–H groups in total. The molecule has 30 heavy (non-hydrogen) atoms. The maximum Gasteiger partial charge on any atom is 0.277 e. The molecule has 6 nitrogen and oxygen atoms in total. The summed E-state index contributed by atoms with van der Waals surface area (Å²) < 4.78 is 5.15. The molecule has 0 radical (unpaired) electrons. The Bertz CT molecular complexity index is 978. The largest absolute Gasteiger partial charge is 0.497 e. The zero-order chi connectivity index (χ0) is 21.3. The molecule has 1 fully saturated rings. The Kier molecular flexibility index (Phi) is 5.90. The van der Waals surface area contributed by atoms with Crippen molar-refractivity contribution in [2.24, 2.45) is 0 Å². The summed E-state index contributed by atoms with van der Waals surface area (Å²) in [6.45, 7) is 5.05. The van der Waals surface area contributed by atoms with Gasteiger partial charge in [-0.15, -0.1) is 0 Å². The van der Waals surface area contributed by atoms with Gasteiger partial charge in [0.05, 0.1) is 18.4 Å². The van der Waals surface area contributed by atoms with Crippen molar-refractivity contribution < 1.29 is 14.3 Å². The summed E-state index contributed by atoms with van der Waals surface area (Å²) in [5.74, 6) is -0.249. The number of hydrogen-bond acceptors (Lipinski definition) is 5. The van der Waals surface area contributed by atoms with Gasteiger partial charge in [0.1, 0.15) is 10.8 Å². The van der Waals surface area contributed by atoms with Crippen molar-refractivity contribution in [1.82, 2.24) is 9.80 Å². The predicted octanol–water partition coefficient (Wildman–Crippen LogP) is 2.97. The molecule has 0 atom stereocenters. The number of nitrogens with zero attached hydrogens (tertiary/aromatic N) is 3. The van der Waals surface area contributed by atoms with E-state index in [-0.39, 0.29) is 10.6 Å². The molecule has 0 saturated carbocycles. The molecular formula is C23H24ClN3O3. The molecule has 2 aromatic rings. The van der Waals surface area contributed by atoms with Gasteiger partial charge in [0.2, 0.25) is 0 Å². The van der Waals surface area contributed by atoms with Gasteiger partial charge in [0.15, 0.2) is 0 Å². The second-order valence-electron chi connectivity index (χ2n) is 7.61. The predicted molar refractivity (Wildman–Crippen MR) is 117 cm³/mol. The second kappa shape index (κ2) is 8.60. The fourth-order valence-corrected chi connectivity index (χ4v) is 4.03. The van der Waals surface area contributed by atoms with Crippen LogP contribution in [0.15, 0.2) is 53.6 Å². The normalized spacial score (nSPS) is 18.4. The van der Waals surface area contributed by atoms with Crippen molar-refractivity contribution in [2.45, 2.75) is 6.54 Å². The fraction of sp³-hybridized carbons (Fsp3) is 0.304. The zero-order valence-electron chi connectivity index (χ0n) is 17.1. The number of rotatable bonds is 5. The van der Waals surface area contributed by atoms with E-state index in [1.54, 1.807) is 31.4 Å². The van der Waals surface area contributed by atoms with Gasteiger partial charge in [0, 0.05) is 32.7 Å². The van der Waals surface area contributed by atoms with Gasteiger partial charge >= 0.3 is 0 Å². The minimum absolute atomic E-state index is 0.0633. The van der Waals surface area contributed by atoms with E-state index in [2.05, 4.69) is 16.8 Å². The van der Waals surface area contributed by atoms with Crippen LogP contribution in [-0.4, -0.2) is 62.0 Å². The van der Waals surface area contributed by atoms with Crippen LogP contribution in [0.4, 0.5) is 5.69 Å². The minimum atomic E-state index is -0.501. The van der Waals surface area contributed by atoms with Gasteiger partial charge in [0.25, 0.3) is 11.8 Å². The van der Waals surface area contributed by atoms with E-state index >= 15 is 0 Å². The molecule has 0 unspecified atom stereocenters. The maximum absolute atomic E-state index is 13.0. The molecule has 2 aliphatic heterocycles. The Hall–Kier alpha value is -2.67. The SMILES string of the molecule is COc1ccc(C2=C(Cl)C(=O)N(c3ccc(CN4CCN(C)CC4)cc3)C2=O)cc1. The van der Waals surface area contributed by atoms with E-state index in [1.165, 1.54) is 0 Å². The first-order valence-corrected chi connectivity index (χ1v) is 10.3. The van der Waals surface area contributed by atoms with Gasteiger partial charge < -0.3 is 9.64 Å². The van der Waals surface area contributed by atoms with Crippen molar-refractivity contribution in [3.8, 4) is 5.75 Å². The van der Waals surface area contributed by atoms with Gasteiger partial charge in [-0.3, -0.25) is 14.5 Å². The summed E-state index contributed by atoms with van der Waals surface area (Å²) in [4.78, 5) is 31.6. The third kappa shape index (κ3) is 3.99. The summed E-state index contributed by atoms with van der Waals surface area (Å²) >= 11 is 6.27. The van der Waals surface area contributed by atoms with Crippen molar-refractivity contribution in [3.05, 3.63) is 64.7 Å². The Morgan fingerprint density at radius 1 is 0.900 bits per heavy atom. The quantitative estimate of drug-likeness (QED) is 0.689. The molecule has 2 aliphatic rings. The minimum Gasteiger partial charge on any atom is -0.497 e. The third-order valence-electron chi connectivity index (χ3n) is 5.60. The van der Waals surface area contributed by atoms with Crippen LogP contribution >= 0.6 is 11.6 Å². The molecule has 156 valence electrons. The average molecular weight is 426 g/mol. The number of amides is 2. The summed E-state index contributed by atoms with van der Waals surface area (Å²) in [6, 6.07) is 14.5. The average Bonchev–Trinajstić information content (AvgIpc) is 2.99. The monoisotopic (exact) mass is 425 g/mol. The Morgan fingerprint density at radius 2 is 1.53 bits per heavy atom. The highest BCUT2D eigenvalue weighted by atomic mass is 35.5. The smallest absolute Gasteiger partial charge is 0.277 e. The number of piperazine rings is 1. The van der Waals surface area contributed by atoms with Crippen LogP contribution in [0.25, 0.3) is 5.57 Å². The van der Waals surface area contributed by atoms with E-state index in [0.717, 1.165) is 43.2 Å². The molecule has 2 heterocycles. The first kappa shape index (κ1) is 20.6. The summed E-state index contributed by atoms with van der Waals surface area (Å²) in [5.41, 5.74) is 2.48. The number of anilines is 1. The van der Waals surface area contributed by atoms with Crippen molar-refractivity contribution in [1.29, 1.82) is 0 Å². The lowest BCUT2D eigenvalue weighted by Crippen LogP contribution is -2.43. The van der Waals surface area contributed by atoms with E-state index in [4.69, 9.17) is 16.3 Å². The number of carbonyl (C=O) groups is 2. The molecule has 2 amide bonds. The zero-order valence-corrected chi connectivity index (χ0v) is 17.9. The Morgan fingerprint density at radius 3 is 2.13 bits per heavy atom. The van der Waals surface area contributed by atoms with E-state index in [1.807, 2.05) is 24.3 Å². The van der Waals surface area contributed by atoms with Crippen LogP contribution < -0.4 is 9.64 Å². The van der Waals surface area contributed by atoms with E-state index in [0.29, 0.717) is 17.0 Å². The summed E-state index contributed by atoms with van der Waals surface area (Å²) in [6.07, 6.45) is 0. The molecular weight excluding hydrogens is 402 g/mol. The van der Waals surface area contributed by atoms with Crippen LogP contribution in [0, 0.1) is 0 Å². The van der Waals surface area contributed by atoms with Crippen LogP contribution in [-0.2, 0) is 16.1 Å². The number of methoxy groups -OCH3 is 1. The van der Waals surface area contributed by atoms with Crippen LogP contribution in [0.3, 0.4) is 0 Å². The lowest BCUT2D eigenvalue weighted by molar-refractivity contribution is -0.119. The summed E-state index contributed by atoms with van der Waals surface area (Å²) in [7, 11) is 3.70. The van der Waals surface area contributed by atoms with Gasteiger partial charge in [-0.25, -0.2) is 4.90 Å². The van der Waals surface area contributed by atoms with Gasteiger partial charge in [-0.1, -0.05) is 35.9 Å². The molecule has 4 rings (SSSR count). The lowest BCUT2D eigenvalue weighted by atomic mass is 10.1. The first-order valence-electron chi connectivity index (χ1n) is 9.91. The highest BCUT2D eigenvalue weighted by Crippen LogP contribution is 2.35. The highest BCUT2D eigenvalue weighted by molar-refractivity contribution is 6.60. The number of imide groups is 1. The number of benzene rings is 2. The third-order valence-corrected chi connectivity index (χ3v) is 5.95. The number of carbonyl (C=O) groups excluding carboxylic acids is 2. The number of ether oxygens (including phenoxy) is 1. The van der Waals surface area contributed by atoms with Crippen LogP contribution in [0.2, 0.25) is 0 Å². The molecule has 2 aromatic carbocycles. The Labute approximate surface area is 181 Å². The fourth-order valence-electron chi connectivity index (χ4n) is 3.76. The molecule has 0 spiro atoms. The van der Waals surface area contributed by atoms with E-state index in [9.17, 15) is 9.59 Å². The molecule has 0 aliphatic carbocycles. The van der Waals surface area contributed by atoms with Crippen LogP contribution in [0.5, 0.6) is 5.75 Å². The van der Waals surface area contributed by atoms with Crippen LogP contribution in [0.1, 0.15) is 11.1 Å². The first-order chi connectivity index (χ1) is 14.5. The second-order valence-corrected chi connectivity index (χ2v) is 7.99. The maximum atomic E-state index is 13.0. The topological polar surface area (TPSA) is 53.1 Å². The van der Waals surface area contributed by atoms with E-state index < -0.39 is 11.8 Å². The molecule has 7 heteroatoms. The lowest BCUT2D eigenvalue weighted by Gasteiger charge is -2.32. The number of halogens is 1. The number of hydrogen-bond donors (Lipinski definition) is 0. The standard InChI is InChI=1S/C23H24ClN3O3/c1-25-11-13-26(14-12-25)15-16-3-7-18(8-4-16)27-22(28)20(21(24)23(27)29)17-5-9-19(30-2)10-6-17/h3-10H,11-15H2,1-2H3. The Balaban J connectivity index is 1.50. The highest BCUT2D eigenvalue weighted by Gasteiger charge is 2.39. The van der Waals surface area contributed by atoms with Gasteiger partial charge in [-0.2, -0.15) is 0 Å². The van der Waals surface area contributed by atoms with Crippen molar-refractivity contribution >= 4 is 34.7 Å².